The zero-order valence-electron chi connectivity index (χ0n) is 31.1. The molecule has 10 aliphatic rings. The Hall–Kier alpha value is -0.780. The van der Waals surface area contributed by atoms with Crippen molar-refractivity contribution in [1.82, 2.24) is 0 Å². The van der Waals surface area contributed by atoms with Crippen molar-refractivity contribution in [2.24, 2.45) is 17.8 Å². The third-order valence-corrected chi connectivity index (χ3v) is 14.7. The molecule has 10 heterocycles. The minimum Gasteiger partial charge on any atom is -0.393 e. The van der Waals surface area contributed by atoms with Crippen molar-refractivity contribution in [1.29, 1.82) is 0 Å². The molecule has 0 saturated carbocycles. The molecule has 10 aliphatic heterocycles. The van der Waals surface area contributed by atoms with Crippen LogP contribution in [0.2, 0.25) is 0 Å². The van der Waals surface area contributed by atoms with Crippen molar-refractivity contribution in [3.8, 4) is 0 Å². The lowest BCUT2D eigenvalue weighted by atomic mass is 9.78. The van der Waals surface area contributed by atoms with Crippen LogP contribution in [0, 0.1) is 17.8 Å². The fourth-order valence-corrected chi connectivity index (χ4v) is 11.9. The van der Waals surface area contributed by atoms with Crippen molar-refractivity contribution in [3.63, 3.8) is 0 Å². The number of Topliss-reactive ketones (excluding diaryl/α,β-unsaturated/α-hetero) is 1. The Morgan fingerprint density at radius 1 is 0.769 bits per heavy atom. The van der Waals surface area contributed by atoms with E-state index in [1.54, 1.807) is 0 Å². The molecule has 10 saturated heterocycles. The second-order valence-corrected chi connectivity index (χ2v) is 18.5. The molecule has 0 amide bonds. The summed E-state index contributed by atoms with van der Waals surface area (Å²) in [6.07, 6.45) is 8.70. The van der Waals surface area contributed by atoms with E-state index in [1.165, 1.54) is 0 Å². The molecule has 0 radical (unpaired) electrons. The molecule has 1 N–H and O–H groups in total. The van der Waals surface area contributed by atoms with E-state index >= 15 is 0 Å². The van der Waals surface area contributed by atoms with Crippen molar-refractivity contribution >= 4 is 15.0 Å². The van der Waals surface area contributed by atoms with Crippen molar-refractivity contribution in [2.45, 2.75) is 201 Å². The van der Waals surface area contributed by atoms with Gasteiger partial charge in [0.1, 0.15) is 36.3 Å². The summed E-state index contributed by atoms with van der Waals surface area (Å²) >= 11 is 0. The van der Waals surface area contributed by atoms with Crippen LogP contribution in [0.1, 0.15) is 104 Å². The molecule has 20 atom stereocenters. The Kier molecular flexibility index (Phi) is 10.4. The van der Waals surface area contributed by atoms with Gasteiger partial charge in [0, 0.05) is 32.1 Å². The summed E-state index contributed by atoms with van der Waals surface area (Å²) in [6.45, 7) is 13.4. The average Bonchev–Trinajstić information content (AvgIpc) is 3.77. The number of aliphatic hydroxyl groups excluding tert-OH is 1. The first-order valence-corrected chi connectivity index (χ1v) is 21.4. The Morgan fingerprint density at radius 2 is 1.52 bits per heavy atom. The molecule has 10 fully saturated rings. The standard InChI is InChI=1S/C41H61O10P/c1-20-13-26-5-7-30-21(2)14-28(44-30)9-11-41-19-35-37(50-41)38-39(49-35)40(51-41)36-31(48-38)8-6-27(46-36)15-25(43)16-29-23(4)32(17-24(42)10-12-52)47-34(29)18-33(45-26)22(20)3/h20,23-24,26-40,42H,2-3,5-19,52H2,1,4H3/t20-,23-,24-,26+,27-,28+,29-,30+,31+,32-,33-,34+,35-,36+,37+,38?,39-,40+,41+/m1/s1. The highest BCUT2D eigenvalue weighted by Crippen LogP contribution is 2.54. The maximum absolute atomic E-state index is 14.1. The summed E-state index contributed by atoms with van der Waals surface area (Å²) in [5.41, 5.74) is 2.27. The number of rotatable bonds is 4. The van der Waals surface area contributed by atoms with Crippen LogP contribution in [0.25, 0.3) is 0 Å². The van der Waals surface area contributed by atoms with Gasteiger partial charge in [-0.15, -0.1) is 9.24 Å². The third kappa shape index (κ3) is 6.85. The maximum Gasteiger partial charge on any atom is 0.172 e. The second kappa shape index (κ2) is 14.6. The molecular weight excluding hydrogens is 683 g/mol. The van der Waals surface area contributed by atoms with E-state index in [0.717, 1.165) is 62.3 Å². The van der Waals surface area contributed by atoms with Gasteiger partial charge >= 0.3 is 0 Å². The van der Waals surface area contributed by atoms with E-state index in [1.807, 2.05) is 0 Å². The van der Waals surface area contributed by atoms with Gasteiger partial charge in [-0.1, -0.05) is 27.0 Å². The SMILES string of the molecule is C=C1C[C@@H]2CC[C@@]34C[C@H]5O[C@@H]6C(O[C@H]7CC[C@H](CC(=O)C[C@@H]8[C@@H](C)[C@@H](C[C@H](O)CCP)O[C@H]8C[C@H]8O[C@@H](CC[C@@H]1O2)C[C@@H](C)C8=C)O[C@@H]7[C@@H]6O3)[C@H]5O4. The van der Waals surface area contributed by atoms with Crippen LogP contribution >= 0.6 is 9.24 Å². The molecule has 2 unspecified atom stereocenters. The van der Waals surface area contributed by atoms with Gasteiger partial charge < -0.3 is 43.0 Å². The van der Waals surface area contributed by atoms with Crippen LogP contribution in [0.15, 0.2) is 24.3 Å². The molecule has 0 aromatic rings. The highest BCUT2D eigenvalue weighted by molar-refractivity contribution is 7.16. The molecule has 0 aliphatic carbocycles. The first kappa shape index (κ1) is 36.8. The number of ketones is 1. The molecule has 12 bridgehead atoms. The summed E-state index contributed by atoms with van der Waals surface area (Å²) in [5.74, 6) is -0.0937. The van der Waals surface area contributed by atoms with E-state index in [4.69, 9.17) is 37.9 Å². The number of carbonyl (C=O) groups excluding carboxylic acids is 1. The Labute approximate surface area is 311 Å². The zero-order valence-corrected chi connectivity index (χ0v) is 32.3. The normalized spacial score (nSPS) is 52.4. The van der Waals surface area contributed by atoms with Gasteiger partial charge in [0.05, 0.1) is 61.0 Å². The Balaban J connectivity index is 0.981. The summed E-state index contributed by atoms with van der Waals surface area (Å²) in [5, 5.41) is 10.8. The average molecular weight is 745 g/mol. The number of fused-ring (bicyclic) bond motifs is 6. The fraction of sp³-hybridized carbons (Fsp3) is 0.878. The molecule has 0 aromatic heterocycles. The molecule has 1 spiro atoms. The topological polar surface area (TPSA) is 111 Å². The lowest BCUT2D eigenvalue weighted by Crippen LogP contribution is -2.61. The molecule has 10 rings (SSSR count). The van der Waals surface area contributed by atoms with Crippen molar-refractivity contribution < 1.29 is 47.8 Å². The van der Waals surface area contributed by atoms with Gasteiger partial charge in [-0.25, -0.2) is 0 Å². The highest BCUT2D eigenvalue weighted by atomic mass is 31.0. The first-order valence-electron chi connectivity index (χ1n) is 20.6. The molecule has 10 nitrogen and oxygen atoms in total. The van der Waals surface area contributed by atoms with E-state index in [-0.39, 0.29) is 103 Å². The minimum atomic E-state index is -0.759. The fourth-order valence-electron chi connectivity index (χ4n) is 11.5. The number of hydrogen-bond donors (Lipinski definition) is 1. The van der Waals surface area contributed by atoms with Crippen LogP contribution in [0.3, 0.4) is 0 Å². The van der Waals surface area contributed by atoms with E-state index in [9.17, 15) is 9.90 Å². The number of carbonyl (C=O) groups is 1. The van der Waals surface area contributed by atoms with E-state index in [0.29, 0.717) is 50.9 Å². The number of aliphatic hydroxyl groups is 1. The summed E-state index contributed by atoms with van der Waals surface area (Å²) in [7, 11) is 2.71. The van der Waals surface area contributed by atoms with Gasteiger partial charge in [0.25, 0.3) is 0 Å². The predicted molar refractivity (Wildman–Crippen MR) is 195 cm³/mol. The summed E-state index contributed by atoms with van der Waals surface area (Å²) in [6, 6.07) is 0. The third-order valence-electron chi connectivity index (χ3n) is 14.4. The van der Waals surface area contributed by atoms with Crippen LogP contribution in [0.4, 0.5) is 0 Å². The molecule has 290 valence electrons. The van der Waals surface area contributed by atoms with E-state index < -0.39 is 11.9 Å². The van der Waals surface area contributed by atoms with Crippen molar-refractivity contribution in [2.75, 3.05) is 6.16 Å². The minimum absolute atomic E-state index is 0.00958. The Bertz CT molecular complexity index is 1380. The van der Waals surface area contributed by atoms with Gasteiger partial charge in [0.2, 0.25) is 0 Å². The van der Waals surface area contributed by atoms with Crippen LogP contribution in [-0.4, -0.2) is 114 Å². The molecule has 11 heteroatoms. The van der Waals surface area contributed by atoms with Gasteiger partial charge in [0.15, 0.2) is 5.79 Å². The van der Waals surface area contributed by atoms with Gasteiger partial charge in [-0.05, 0) is 92.8 Å². The summed E-state index contributed by atoms with van der Waals surface area (Å²) < 4.78 is 54.2. The smallest absolute Gasteiger partial charge is 0.172 e. The monoisotopic (exact) mass is 744 g/mol. The summed E-state index contributed by atoms with van der Waals surface area (Å²) in [4.78, 5) is 14.1. The van der Waals surface area contributed by atoms with Crippen LogP contribution < -0.4 is 0 Å². The van der Waals surface area contributed by atoms with Gasteiger partial charge in [-0.2, -0.15) is 0 Å². The lowest BCUT2D eigenvalue weighted by molar-refractivity contribution is -0.292. The number of hydrogen-bond acceptors (Lipinski definition) is 10. The molecule has 52 heavy (non-hydrogen) atoms. The van der Waals surface area contributed by atoms with Crippen molar-refractivity contribution in [3.05, 3.63) is 24.3 Å². The highest BCUT2D eigenvalue weighted by Gasteiger charge is 2.68. The van der Waals surface area contributed by atoms with Gasteiger partial charge in [-0.3, -0.25) is 4.79 Å². The maximum atomic E-state index is 14.1. The quantitative estimate of drug-likeness (QED) is 0.298. The predicted octanol–water partition coefficient (Wildman–Crippen LogP) is 5.37. The van der Waals surface area contributed by atoms with Crippen LogP contribution in [-0.2, 0) is 42.7 Å². The largest absolute Gasteiger partial charge is 0.393 e. The second-order valence-electron chi connectivity index (χ2n) is 17.9. The van der Waals surface area contributed by atoms with Crippen LogP contribution in [0.5, 0.6) is 0 Å². The molecule has 0 aromatic carbocycles. The van der Waals surface area contributed by atoms with E-state index in [2.05, 4.69) is 36.2 Å². The number of ether oxygens (including phenoxy) is 8. The zero-order chi connectivity index (χ0) is 35.9. The first-order chi connectivity index (χ1) is 25.1. The lowest BCUT2D eigenvalue weighted by Gasteiger charge is -2.47. The molecular formula is C41H61O10P. The Morgan fingerprint density at radius 3 is 2.37 bits per heavy atom.